The van der Waals surface area contributed by atoms with Gasteiger partial charge in [0.1, 0.15) is 17.8 Å². The number of anilines is 1. The zero-order chi connectivity index (χ0) is 28.0. The molecule has 2 aromatic carbocycles. The van der Waals surface area contributed by atoms with Crippen LogP contribution in [0.1, 0.15) is 42.9 Å². The molecule has 0 amide bonds. The van der Waals surface area contributed by atoms with E-state index in [9.17, 15) is 0 Å². The maximum absolute atomic E-state index is 6.82. The van der Waals surface area contributed by atoms with Crippen molar-refractivity contribution in [2.75, 3.05) is 39.0 Å². The summed E-state index contributed by atoms with van der Waals surface area (Å²) in [5.74, 6) is 0.464. The van der Waals surface area contributed by atoms with E-state index in [1.54, 1.807) is 18.1 Å². The highest BCUT2D eigenvalue weighted by Crippen LogP contribution is 2.41. The summed E-state index contributed by atoms with van der Waals surface area (Å²) < 4.78 is 2.12. The van der Waals surface area contributed by atoms with Crippen LogP contribution < -0.4 is 16.8 Å². The average Bonchev–Trinajstić information content (AvgIpc) is 3.61. The number of hydrogen-bond donors (Lipinski definition) is 3. The van der Waals surface area contributed by atoms with E-state index < -0.39 is 4.99 Å². The molecule has 0 bridgehead atoms. The normalized spacial score (nSPS) is 25.8. The number of aromatic nitrogens is 4. The molecule has 0 spiro atoms. The fourth-order valence-electron chi connectivity index (χ4n) is 6.49. The van der Waals surface area contributed by atoms with Crippen molar-refractivity contribution in [3.63, 3.8) is 0 Å². The Morgan fingerprint density at radius 2 is 1.59 bits per heavy atom. The Labute approximate surface area is 245 Å². The molecule has 212 valence electrons. The molecular formula is C31H37N9S. The van der Waals surface area contributed by atoms with Crippen LogP contribution in [0.5, 0.6) is 0 Å². The first-order valence-electron chi connectivity index (χ1n) is 14.5. The van der Waals surface area contributed by atoms with E-state index in [1.807, 2.05) is 18.2 Å². The lowest BCUT2D eigenvalue weighted by molar-refractivity contribution is 0.0815. The molecule has 1 aliphatic carbocycles. The van der Waals surface area contributed by atoms with Crippen LogP contribution in [0, 0.1) is 0 Å². The fourth-order valence-corrected chi connectivity index (χ4v) is 7.43. The molecule has 2 fully saturated rings. The van der Waals surface area contributed by atoms with Crippen LogP contribution in [0.4, 0.5) is 5.82 Å². The Morgan fingerprint density at radius 3 is 2.32 bits per heavy atom. The van der Waals surface area contributed by atoms with E-state index in [-0.39, 0.29) is 0 Å². The van der Waals surface area contributed by atoms with Gasteiger partial charge in [0, 0.05) is 43.3 Å². The minimum Gasteiger partial charge on any atom is -0.383 e. The maximum atomic E-state index is 6.82. The van der Waals surface area contributed by atoms with E-state index in [0.717, 1.165) is 65.0 Å². The van der Waals surface area contributed by atoms with E-state index >= 15 is 0 Å². The van der Waals surface area contributed by atoms with Crippen LogP contribution in [0.2, 0.25) is 0 Å². The Balaban J connectivity index is 1.12. The monoisotopic (exact) mass is 567 g/mol. The molecule has 1 saturated carbocycles. The molecule has 2 aliphatic heterocycles. The molecule has 7 rings (SSSR count). The van der Waals surface area contributed by atoms with Gasteiger partial charge in [0.15, 0.2) is 10.6 Å². The smallest absolute Gasteiger partial charge is 0.165 e. The van der Waals surface area contributed by atoms with Crippen LogP contribution in [-0.2, 0) is 4.99 Å². The van der Waals surface area contributed by atoms with Crippen LogP contribution in [0.3, 0.4) is 0 Å². The topological polar surface area (TPSA) is 114 Å². The molecule has 10 heteroatoms. The SMILES string of the molecule is CN1CCN(C2CCC(n3nc(-c4ccc(C5(N)NC(c6ccccc6)=CS5)cc4)c4c(N)ncnc43)CC2)CC1. The predicted molar refractivity (Wildman–Crippen MR) is 167 cm³/mol. The van der Waals surface area contributed by atoms with Crippen molar-refractivity contribution in [3.8, 4) is 11.3 Å². The van der Waals surface area contributed by atoms with Gasteiger partial charge in [-0.2, -0.15) is 5.10 Å². The number of nitrogen functional groups attached to an aromatic ring is 1. The largest absolute Gasteiger partial charge is 0.383 e. The number of nitrogens with two attached hydrogens (primary N) is 2. The molecule has 1 unspecified atom stereocenters. The Bertz CT molecular complexity index is 1550. The third-order valence-electron chi connectivity index (χ3n) is 8.94. The molecule has 1 atom stereocenters. The lowest BCUT2D eigenvalue weighted by Gasteiger charge is -2.41. The molecule has 0 radical (unpaired) electrons. The molecule has 2 aromatic heterocycles. The number of fused-ring (bicyclic) bond motifs is 1. The second kappa shape index (κ2) is 10.8. The number of likely N-dealkylation sites (N-methyl/N-ethyl adjacent to an activating group) is 1. The first-order valence-corrected chi connectivity index (χ1v) is 15.4. The Kier molecular flexibility index (Phi) is 6.94. The van der Waals surface area contributed by atoms with Crippen molar-refractivity contribution in [2.45, 2.75) is 42.8 Å². The lowest BCUT2D eigenvalue weighted by atomic mass is 9.90. The first-order chi connectivity index (χ1) is 20.0. The van der Waals surface area contributed by atoms with Gasteiger partial charge in [-0.15, -0.1) is 0 Å². The number of hydrogen-bond acceptors (Lipinski definition) is 9. The number of thioether (sulfide) groups is 1. The molecule has 4 aromatic rings. The molecule has 3 aliphatic rings. The fraction of sp³-hybridized carbons (Fsp3) is 0.387. The third kappa shape index (κ3) is 4.99. The summed E-state index contributed by atoms with van der Waals surface area (Å²) in [5.41, 5.74) is 19.0. The summed E-state index contributed by atoms with van der Waals surface area (Å²) in [6, 6.07) is 19.5. The van der Waals surface area contributed by atoms with Gasteiger partial charge in [-0.3, -0.25) is 10.6 Å². The summed E-state index contributed by atoms with van der Waals surface area (Å²) in [6.45, 7) is 4.66. The summed E-state index contributed by atoms with van der Waals surface area (Å²) in [6.07, 6.45) is 6.10. The van der Waals surface area contributed by atoms with Crippen molar-refractivity contribution < 1.29 is 0 Å². The highest BCUT2D eigenvalue weighted by Gasteiger charge is 2.34. The second-order valence-corrected chi connectivity index (χ2v) is 12.6. The van der Waals surface area contributed by atoms with Crippen molar-refractivity contribution >= 4 is 34.3 Å². The Hall–Kier alpha value is -3.44. The number of piperazine rings is 1. The van der Waals surface area contributed by atoms with E-state index in [1.165, 1.54) is 25.9 Å². The highest BCUT2D eigenvalue weighted by atomic mass is 32.2. The van der Waals surface area contributed by atoms with Crippen molar-refractivity contribution in [2.24, 2.45) is 5.73 Å². The molecule has 1 saturated heterocycles. The summed E-state index contributed by atoms with van der Waals surface area (Å²) in [7, 11) is 2.22. The number of benzene rings is 2. The van der Waals surface area contributed by atoms with Crippen molar-refractivity contribution in [1.82, 2.24) is 34.9 Å². The molecule has 9 nitrogen and oxygen atoms in total. The quantitative estimate of drug-likeness (QED) is 0.326. The van der Waals surface area contributed by atoms with Gasteiger partial charge in [-0.1, -0.05) is 66.4 Å². The number of nitrogens with one attached hydrogen (secondary N) is 1. The first kappa shape index (κ1) is 26.5. The van der Waals surface area contributed by atoms with Gasteiger partial charge in [-0.05, 0) is 43.7 Å². The van der Waals surface area contributed by atoms with E-state index in [2.05, 4.69) is 78.6 Å². The van der Waals surface area contributed by atoms with Gasteiger partial charge in [0.2, 0.25) is 0 Å². The summed E-state index contributed by atoms with van der Waals surface area (Å²) in [5, 5.41) is 11.6. The van der Waals surface area contributed by atoms with E-state index in [4.69, 9.17) is 16.6 Å². The zero-order valence-electron chi connectivity index (χ0n) is 23.4. The van der Waals surface area contributed by atoms with Gasteiger partial charge < -0.3 is 16.0 Å². The Morgan fingerprint density at radius 1 is 0.878 bits per heavy atom. The molecule has 4 heterocycles. The van der Waals surface area contributed by atoms with Gasteiger partial charge in [-0.25, -0.2) is 14.6 Å². The average molecular weight is 568 g/mol. The van der Waals surface area contributed by atoms with Crippen LogP contribution >= 0.6 is 11.8 Å². The number of nitrogens with zero attached hydrogens (tertiary/aromatic N) is 6. The van der Waals surface area contributed by atoms with Crippen LogP contribution in [-0.4, -0.2) is 68.8 Å². The predicted octanol–water partition coefficient (Wildman–Crippen LogP) is 4.21. The second-order valence-electron chi connectivity index (χ2n) is 11.5. The molecule has 41 heavy (non-hydrogen) atoms. The summed E-state index contributed by atoms with van der Waals surface area (Å²) >= 11 is 1.58. The molecular weight excluding hydrogens is 530 g/mol. The zero-order valence-corrected chi connectivity index (χ0v) is 24.2. The van der Waals surface area contributed by atoms with Gasteiger partial charge >= 0.3 is 0 Å². The molecule has 5 N–H and O–H groups in total. The van der Waals surface area contributed by atoms with Crippen LogP contribution in [0.15, 0.2) is 66.3 Å². The van der Waals surface area contributed by atoms with Crippen molar-refractivity contribution in [1.29, 1.82) is 0 Å². The minimum atomic E-state index is -0.740. The van der Waals surface area contributed by atoms with Crippen molar-refractivity contribution in [3.05, 3.63) is 77.5 Å². The van der Waals surface area contributed by atoms with E-state index in [0.29, 0.717) is 17.9 Å². The minimum absolute atomic E-state index is 0.303. The van der Waals surface area contributed by atoms with Gasteiger partial charge in [0.05, 0.1) is 17.1 Å². The number of rotatable bonds is 5. The van der Waals surface area contributed by atoms with Gasteiger partial charge in [0.25, 0.3) is 0 Å². The standard InChI is InChI=1S/C31H37N9S/c1-38-15-17-39(18-16-38)24-11-13-25(14-12-24)40-30-27(29(32)34-20-35-30)28(37-40)22-7-9-23(10-8-22)31(33)36-26(19-41-31)21-5-3-2-4-6-21/h2-10,19-20,24-25,36H,11-18,33H2,1H3,(H2,32,34,35). The maximum Gasteiger partial charge on any atom is 0.165 e. The van der Waals surface area contributed by atoms with Crippen LogP contribution in [0.25, 0.3) is 28.0 Å². The summed E-state index contributed by atoms with van der Waals surface area (Å²) in [4.78, 5) is 13.4. The lowest BCUT2D eigenvalue weighted by Crippen LogP contribution is -2.49. The third-order valence-corrected chi connectivity index (χ3v) is 10.0. The highest BCUT2D eigenvalue weighted by molar-refractivity contribution is 8.03.